The Bertz CT molecular complexity index is 818. The molecule has 3 aromatic rings. The van der Waals surface area contributed by atoms with Gasteiger partial charge >= 0.3 is 0 Å². The van der Waals surface area contributed by atoms with Crippen LogP contribution in [0.5, 0.6) is 0 Å². The van der Waals surface area contributed by atoms with Crippen molar-refractivity contribution >= 4 is 28.3 Å². The van der Waals surface area contributed by atoms with E-state index in [-0.39, 0.29) is 5.91 Å². The van der Waals surface area contributed by atoms with Gasteiger partial charge < -0.3 is 4.57 Å². The highest BCUT2D eigenvalue weighted by Crippen LogP contribution is 2.24. The number of rotatable bonds is 3. The number of aromatic nitrogens is 2. The maximum atomic E-state index is 11.6. The van der Waals surface area contributed by atoms with Crippen LogP contribution in [0.2, 0.25) is 0 Å². The van der Waals surface area contributed by atoms with Crippen molar-refractivity contribution in [2.75, 3.05) is 0 Å². The van der Waals surface area contributed by atoms with Gasteiger partial charge in [0, 0.05) is 4.88 Å². The number of imidazole rings is 1. The SMILES string of the molecule is Cc1sc(C(=O)NN)cc1Cn1c(C)nc2ccccc21. The van der Waals surface area contributed by atoms with Gasteiger partial charge in [-0.25, -0.2) is 10.8 Å². The predicted octanol–water partition coefficient (Wildman–Crippen LogP) is 2.37. The molecule has 3 N–H and O–H groups in total. The number of nitrogens with one attached hydrogen (secondary N) is 1. The lowest BCUT2D eigenvalue weighted by Gasteiger charge is -2.06. The third-order valence-corrected chi connectivity index (χ3v) is 4.64. The molecule has 6 heteroatoms. The van der Waals surface area contributed by atoms with Gasteiger partial charge in [0.25, 0.3) is 5.91 Å². The number of aryl methyl sites for hydroxylation is 2. The standard InChI is InChI=1S/C15H16N4OS/c1-9-11(7-14(21-9)15(20)18-16)8-19-10(2)17-12-5-3-4-6-13(12)19/h3-7H,8,16H2,1-2H3,(H,18,20). The molecule has 0 fully saturated rings. The third-order valence-electron chi connectivity index (χ3n) is 3.55. The summed E-state index contributed by atoms with van der Waals surface area (Å²) in [4.78, 5) is 17.9. The van der Waals surface area contributed by atoms with Gasteiger partial charge in [-0.2, -0.15) is 0 Å². The number of thiophene rings is 1. The molecule has 0 saturated carbocycles. The average molecular weight is 300 g/mol. The van der Waals surface area contributed by atoms with E-state index in [1.807, 2.05) is 38.1 Å². The average Bonchev–Trinajstić information content (AvgIpc) is 3.00. The molecule has 0 atom stereocenters. The van der Waals surface area contributed by atoms with Crippen LogP contribution in [0, 0.1) is 13.8 Å². The fourth-order valence-corrected chi connectivity index (χ4v) is 3.36. The molecule has 0 spiro atoms. The quantitative estimate of drug-likeness (QED) is 0.443. The van der Waals surface area contributed by atoms with Gasteiger partial charge in [-0.05, 0) is 37.6 Å². The van der Waals surface area contributed by atoms with Crippen LogP contribution in [-0.2, 0) is 6.54 Å². The van der Waals surface area contributed by atoms with Crippen LogP contribution in [-0.4, -0.2) is 15.5 Å². The van der Waals surface area contributed by atoms with Crippen molar-refractivity contribution in [3.8, 4) is 0 Å². The second-order valence-corrected chi connectivity index (χ2v) is 6.16. The number of nitrogen functional groups attached to an aromatic ring is 1. The number of para-hydroxylation sites is 2. The highest BCUT2D eigenvalue weighted by atomic mass is 32.1. The molecule has 0 aliphatic rings. The molecule has 5 nitrogen and oxygen atoms in total. The summed E-state index contributed by atoms with van der Waals surface area (Å²) >= 11 is 1.45. The lowest BCUT2D eigenvalue weighted by atomic mass is 10.2. The summed E-state index contributed by atoms with van der Waals surface area (Å²) in [5.41, 5.74) is 5.38. The fourth-order valence-electron chi connectivity index (χ4n) is 2.43. The molecule has 1 aromatic carbocycles. The molecule has 2 aromatic heterocycles. The van der Waals surface area contributed by atoms with Crippen molar-refractivity contribution in [2.45, 2.75) is 20.4 Å². The number of nitrogens with zero attached hydrogens (tertiary/aromatic N) is 2. The Morgan fingerprint density at radius 2 is 2.14 bits per heavy atom. The monoisotopic (exact) mass is 300 g/mol. The minimum absolute atomic E-state index is 0.249. The van der Waals surface area contributed by atoms with E-state index < -0.39 is 0 Å². The summed E-state index contributed by atoms with van der Waals surface area (Å²) in [6.45, 7) is 4.71. The fraction of sp³-hybridized carbons (Fsp3) is 0.200. The van der Waals surface area contributed by atoms with Gasteiger partial charge in [0.15, 0.2) is 0 Å². The van der Waals surface area contributed by atoms with E-state index in [1.165, 1.54) is 11.3 Å². The highest BCUT2D eigenvalue weighted by Gasteiger charge is 2.14. The van der Waals surface area contributed by atoms with Gasteiger partial charge in [-0.1, -0.05) is 12.1 Å². The molecule has 0 unspecified atom stereocenters. The van der Waals surface area contributed by atoms with Crippen LogP contribution in [0.3, 0.4) is 0 Å². The normalized spacial score (nSPS) is 11.0. The molecule has 3 rings (SSSR count). The van der Waals surface area contributed by atoms with Crippen LogP contribution >= 0.6 is 11.3 Å². The summed E-state index contributed by atoms with van der Waals surface area (Å²) in [6.07, 6.45) is 0. The van der Waals surface area contributed by atoms with Gasteiger partial charge in [-0.3, -0.25) is 10.2 Å². The summed E-state index contributed by atoms with van der Waals surface area (Å²) in [5, 5.41) is 0. The van der Waals surface area contributed by atoms with Crippen molar-refractivity contribution < 1.29 is 4.79 Å². The second kappa shape index (κ2) is 5.31. The van der Waals surface area contributed by atoms with Crippen LogP contribution < -0.4 is 11.3 Å². The van der Waals surface area contributed by atoms with Gasteiger partial charge in [0.05, 0.1) is 22.5 Å². The van der Waals surface area contributed by atoms with E-state index in [9.17, 15) is 4.79 Å². The summed E-state index contributed by atoms with van der Waals surface area (Å²) < 4.78 is 2.16. The first kappa shape index (κ1) is 13.8. The lowest BCUT2D eigenvalue weighted by molar-refractivity contribution is 0.0957. The molecule has 0 aliphatic carbocycles. The molecule has 0 saturated heterocycles. The number of nitrogens with two attached hydrogens (primary N) is 1. The number of hydrogen-bond acceptors (Lipinski definition) is 4. The second-order valence-electron chi connectivity index (χ2n) is 4.90. The van der Waals surface area contributed by atoms with Crippen molar-refractivity contribution in [1.29, 1.82) is 0 Å². The van der Waals surface area contributed by atoms with Crippen LogP contribution in [0.4, 0.5) is 0 Å². The molecule has 2 heterocycles. The highest BCUT2D eigenvalue weighted by molar-refractivity contribution is 7.14. The Kier molecular flexibility index (Phi) is 3.48. The summed E-state index contributed by atoms with van der Waals surface area (Å²) in [7, 11) is 0. The molecule has 108 valence electrons. The first-order valence-corrected chi connectivity index (χ1v) is 7.44. The summed E-state index contributed by atoms with van der Waals surface area (Å²) in [6, 6.07) is 9.96. The maximum Gasteiger partial charge on any atom is 0.275 e. The van der Waals surface area contributed by atoms with E-state index in [2.05, 4.69) is 21.0 Å². The lowest BCUT2D eigenvalue weighted by Crippen LogP contribution is -2.29. The molecule has 0 bridgehead atoms. The molecular weight excluding hydrogens is 284 g/mol. The van der Waals surface area contributed by atoms with Crippen molar-refractivity contribution in [1.82, 2.24) is 15.0 Å². The molecule has 0 radical (unpaired) electrons. The zero-order valence-corrected chi connectivity index (χ0v) is 12.7. The number of hydrogen-bond donors (Lipinski definition) is 2. The Balaban J connectivity index is 2.01. The number of amides is 1. The Labute approximate surface area is 126 Å². The van der Waals surface area contributed by atoms with Gasteiger partial charge in [-0.15, -0.1) is 11.3 Å². The zero-order valence-electron chi connectivity index (χ0n) is 11.9. The Hall–Kier alpha value is -2.18. The third kappa shape index (κ3) is 2.43. The number of carbonyl (C=O) groups is 1. The largest absolute Gasteiger partial charge is 0.324 e. The first-order chi connectivity index (χ1) is 10.1. The van der Waals surface area contributed by atoms with E-state index in [1.54, 1.807) is 0 Å². The van der Waals surface area contributed by atoms with Crippen LogP contribution in [0.1, 0.15) is 25.9 Å². The zero-order chi connectivity index (χ0) is 15.0. The van der Waals surface area contributed by atoms with E-state index in [0.717, 1.165) is 27.3 Å². The number of hydrazine groups is 1. The van der Waals surface area contributed by atoms with Gasteiger partial charge in [0.2, 0.25) is 0 Å². The predicted molar refractivity (Wildman–Crippen MR) is 84.3 cm³/mol. The van der Waals surface area contributed by atoms with Crippen LogP contribution in [0.15, 0.2) is 30.3 Å². The van der Waals surface area contributed by atoms with Crippen molar-refractivity contribution in [2.24, 2.45) is 5.84 Å². The smallest absolute Gasteiger partial charge is 0.275 e. The minimum atomic E-state index is -0.249. The molecule has 21 heavy (non-hydrogen) atoms. The summed E-state index contributed by atoms with van der Waals surface area (Å²) in [5.74, 6) is 5.91. The molecular formula is C15H16N4OS. The van der Waals surface area contributed by atoms with E-state index >= 15 is 0 Å². The number of carbonyl (C=O) groups excluding carboxylic acids is 1. The van der Waals surface area contributed by atoms with Gasteiger partial charge in [0.1, 0.15) is 5.82 Å². The Morgan fingerprint density at radius 3 is 2.90 bits per heavy atom. The van der Waals surface area contributed by atoms with Crippen molar-refractivity contribution in [3.63, 3.8) is 0 Å². The van der Waals surface area contributed by atoms with E-state index in [0.29, 0.717) is 11.4 Å². The molecule has 0 aliphatic heterocycles. The topological polar surface area (TPSA) is 72.9 Å². The van der Waals surface area contributed by atoms with E-state index in [4.69, 9.17) is 5.84 Å². The number of fused-ring (bicyclic) bond motifs is 1. The maximum absolute atomic E-state index is 11.6. The number of benzene rings is 1. The Morgan fingerprint density at radius 1 is 1.38 bits per heavy atom. The van der Waals surface area contributed by atoms with Crippen molar-refractivity contribution in [3.05, 3.63) is 51.5 Å². The molecule has 1 amide bonds. The van der Waals surface area contributed by atoms with Crippen LogP contribution in [0.25, 0.3) is 11.0 Å². The minimum Gasteiger partial charge on any atom is -0.324 e. The first-order valence-electron chi connectivity index (χ1n) is 6.62.